The molecule has 1 aliphatic heterocycles. The lowest BCUT2D eigenvalue weighted by molar-refractivity contribution is -0.215. The van der Waals surface area contributed by atoms with Gasteiger partial charge in [-0.1, -0.05) is 31.5 Å². The third-order valence-electron chi connectivity index (χ3n) is 2.92. The molecule has 4 heteroatoms. The zero-order chi connectivity index (χ0) is 13.0. The van der Waals surface area contributed by atoms with Gasteiger partial charge in [0.05, 0.1) is 6.61 Å². The zero-order valence-corrected chi connectivity index (χ0v) is 10.9. The van der Waals surface area contributed by atoms with Crippen LogP contribution in [0.1, 0.15) is 48.8 Å². The summed E-state index contributed by atoms with van der Waals surface area (Å²) in [5, 5.41) is 1.36. The van der Waals surface area contributed by atoms with E-state index < -0.39 is 6.23 Å². The van der Waals surface area contributed by atoms with Gasteiger partial charge in [0.15, 0.2) is 6.23 Å². The number of benzene rings is 1. The monoisotopic (exact) mass is 249 g/mol. The van der Waals surface area contributed by atoms with Crippen LogP contribution in [0.5, 0.6) is 0 Å². The minimum atomic E-state index is -0.407. The zero-order valence-electron chi connectivity index (χ0n) is 10.9. The molecular weight excluding hydrogens is 230 g/mol. The summed E-state index contributed by atoms with van der Waals surface area (Å²) in [4.78, 5) is 17.8. The van der Waals surface area contributed by atoms with Gasteiger partial charge in [0.2, 0.25) is 0 Å². The third kappa shape index (κ3) is 2.40. The Bertz CT molecular complexity index is 419. The molecule has 0 radical (unpaired) electrons. The van der Waals surface area contributed by atoms with Crippen LogP contribution < -0.4 is 0 Å². The van der Waals surface area contributed by atoms with Gasteiger partial charge in [-0.25, -0.2) is 0 Å². The summed E-state index contributed by atoms with van der Waals surface area (Å²) in [5.74, 6) is -0.111. The number of rotatable bonds is 6. The average molecular weight is 249 g/mol. The number of hydroxylamine groups is 2. The van der Waals surface area contributed by atoms with Gasteiger partial charge in [-0.05, 0) is 19.4 Å². The van der Waals surface area contributed by atoms with E-state index in [1.54, 1.807) is 0 Å². The lowest BCUT2D eigenvalue weighted by atomic mass is 10.1. The number of hydrogen-bond donors (Lipinski definition) is 0. The van der Waals surface area contributed by atoms with E-state index in [2.05, 4.69) is 6.92 Å². The quantitative estimate of drug-likeness (QED) is 0.728. The van der Waals surface area contributed by atoms with Crippen molar-refractivity contribution in [3.8, 4) is 0 Å². The van der Waals surface area contributed by atoms with Crippen LogP contribution in [0.25, 0.3) is 0 Å². The van der Waals surface area contributed by atoms with Crippen LogP contribution in [0.2, 0.25) is 0 Å². The first-order valence-electron chi connectivity index (χ1n) is 6.46. The number of carbonyl (C=O) groups is 1. The Morgan fingerprint density at radius 3 is 2.78 bits per heavy atom. The molecule has 0 aromatic heterocycles. The fraction of sp³-hybridized carbons (Fsp3) is 0.500. The minimum absolute atomic E-state index is 0.111. The van der Waals surface area contributed by atoms with Crippen molar-refractivity contribution in [3.63, 3.8) is 0 Å². The van der Waals surface area contributed by atoms with Gasteiger partial charge >= 0.3 is 0 Å². The minimum Gasteiger partial charge on any atom is -0.352 e. The summed E-state index contributed by atoms with van der Waals surface area (Å²) in [5.41, 5.74) is 1.56. The van der Waals surface area contributed by atoms with Gasteiger partial charge in [0.1, 0.15) is 0 Å². The van der Waals surface area contributed by atoms with E-state index in [1.165, 1.54) is 5.06 Å². The number of nitrogens with zero attached hydrogens (tertiary/aromatic N) is 1. The number of ether oxygens (including phenoxy) is 1. The van der Waals surface area contributed by atoms with Crippen molar-refractivity contribution >= 4 is 5.91 Å². The topological polar surface area (TPSA) is 38.8 Å². The molecule has 1 aromatic rings. The molecule has 0 aliphatic carbocycles. The van der Waals surface area contributed by atoms with E-state index in [-0.39, 0.29) is 5.91 Å². The predicted octanol–water partition coefficient (Wildman–Crippen LogP) is 2.91. The highest BCUT2D eigenvalue weighted by atomic mass is 16.7. The summed E-state index contributed by atoms with van der Waals surface area (Å²) < 4.78 is 5.62. The van der Waals surface area contributed by atoms with Gasteiger partial charge in [-0.2, -0.15) is 5.06 Å². The van der Waals surface area contributed by atoms with Crippen LogP contribution in [0.4, 0.5) is 0 Å². The normalized spacial score (nSPS) is 18.2. The first-order valence-corrected chi connectivity index (χ1v) is 6.46. The molecule has 1 atom stereocenters. The number of hydrogen-bond acceptors (Lipinski definition) is 3. The summed E-state index contributed by atoms with van der Waals surface area (Å²) in [6, 6.07) is 7.49. The molecule has 1 aliphatic rings. The van der Waals surface area contributed by atoms with Gasteiger partial charge < -0.3 is 4.74 Å². The summed E-state index contributed by atoms with van der Waals surface area (Å²) >= 11 is 0. The number of fused-ring (bicyclic) bond motifs is 1. The molecule has 0 N–H and O–H groups in total. The molecule has 0 bridgehead atoms. The highest BCUT2D eigenvalue weighted by molar-refractivity contribution is 5.98. The fourth-order valence-corrected chi connectivity index (χ4v) is 2.01. The molecule has 1 aromatic carbocycles. The van der Waals surface area contributed by atoms with Gasteiger partial charge in [-0.3, -0.25) is 9.63 Å². The van der Waals surface area contributed by atoms with E-state index in [0.717, 1.165) is 18.4 Å². The van der Waals surface area contributed by atoms with E-state index in [4.69, 9.17) is 9.57 Å². The molecule has 4 nitrogen and oxygen atoms in total. The Morgan fingerprint density at radius 2 is 2.06 bits per heavy atom. The van der Waals surface area contributed by atoms with Crippen LogP contribution in [0.15, 0.2) is 24.3 Å². The molecule has 1 unspecified atom stereocenters. The van der Waals surface area contributed by atoms with E-state index in [9.17, 15) is 4.79 Å². The Morgan fingerprint density at radius 1 is 1.28 bits per heavy atom. The second kappa shape index (κ2) is 5.98. The summed E-state index contributed by atoms with van der Waals surface area (Å²) in [6.45, 7) is 5.08. The molecule has 0 fully saturated rings. The van der Waals surface area contributed by atoms with Crippen molar-refractivity contribution < 1.29 is 14.4 Å². The van der Waals surface area contributed by atoms with Crippen LogP contribution in [0, 0.1) is 0 Å². The van der Waals surface area contributed by atoms with E-state index >= 15 is 0 Å². The smallest absolute Gasteiger partial charge is 0.280 e. The van der Waals surface area contributed by atoms with E-state index in [0.29, 0.717) is 18.8 Å². The lowest BCUT2D eigenvalue weighted by Crippen LogP contribution is -2.30. The van der Waals surface area contributed by atoms with Gasteiger partial charge in [0, 0.05) is 17.7 Å². The summed E-state index contributed by atoms with van der Waals surface area (Å²) in [6.07, 6.45) is 1.56. The van der Waals surface area contributed by atoms with Crippen molar-refractivity contribution in [2.45, 2.75) is 32.9 Å². The van der Waals surface area contributed by atoms with Gasteiger partial charge in [0.25, 0.3) is 5.91 Å². The molecule has 0 saturated carbocycles. The van der Waals surface area contributed by atoms with Crippen LogP contribution >= 0.6 is 0 Å². The standard InChI is InChI=1S/C14H19NO3/c1-3-5-10-18-15-13(16)11-8-6-7-9-12(11)14(15)17-4-2/h6-9,14H,3-5,10H2,1-2H3. The maximum atomic E-state index is 12.2. The van der Waals surface area contributed by atoms with Crippen molar-refractivity contribution in [3.05, 3.63) is 35.4 Å². The van der Waals surface area contributed by atoms with Crippen LogP contribution in [0.3, 0.4) is 0 Å². The molecule has 98 valence electrons. The predicted molar refractivity (Wildman–Crippen MR) is 67.8 cm³/mol. The Balaban J connectivity index is 2.17. The Hall–Kier alpha value is -1.39. The average Bonchev–Trinajstić information content (AvgIpc) is 2.66. The lowest BCUT2D eigenvalue weighted by Gasteiger charge is -2.23. The van der Waals surface area contributed by atoms with Crippen molar-refractivity contribution in [1.82, 2.24) is 5.06 Å². The van der Waals surface area contributed by atoms with Crippen molar-refractivity contribution in [1.29, 1.82) is 0 Å². The first-order chi connectivity index (χ1) is 8.79. The number of carbonyl (C=O) groups excluding carboxylic acids is 1. The second-order valence-corrected chi connectivity index (χ2v) is 4.21. The first kappa shape index (κ1) is 13.1. The third-order valence-corrected chi connectivity index (χ3v) is 2.92. The number of amides is 1. The molecule has 1 amide bonds. The van der Waals surface area contributed by atoms with Crippen molar-refractivity contribution in [2.24, 2.45) is 0 Å². The molecule has 0 saturated heterocycles. The summed E-state index contributed by atoms with van der Waals surface area (Å²) in [7, 11) is 0. The van der Waals surface area contributed by atoms with Crippen LogP contribution in [-0.4, -0.2) is 24.2 Å². The molecule has 18 heavy (non-hydrogen) atoms. The second-order valence-electron chi connectivity index (χ2n) is 4.21. The maximum absolute atomic E-state index is 12.2. The number of unbranched alkanes of at least 4 members (excludes halogenated alkanes) is 1. The fourth-order valence-electron chi connectivity index (χ4n) is 2.01. The molecular formula is C14H19NO3. The largest absolute Gasteiger partial charge is 0.352 e. The Labute approximate surface area is 107 Å². The van der Waals surface area contributed by atoms with E-state index in [1.807, 2.05) is 31.2 Å². The molecule has 2 rings (SSSR count). The Kier molecular flexibility index (Phi) is 4.33. The van der Waals surface area contributed by atoms with Crippen LogP contribution in [-0.2, 0) is 9.57 Å². The highest BCUT2D eigenvalue weighted by Crippen LogP contribution is 2.34. The highest BCUT2D eigenvalue weighted by Gasteiger charge is 2.38. The molecule has 0 spiro atoms. The van der Waals surface area contributed by atoms with Gasteiger partial charge in [-0.15, -0.1) is 0 Å². The SMILES string of the molecule is CCCCON1C(=O)c2ccccc2C1OCC. The maximum Gasteiger partial charge on any atom is 0.280 e. The molecule has 1 heterocycles. The van der Waals surface area contributed by atoms with Crippen molar-refractivity contribution in [2.75, 3.05) is 13.2 Å².